The topological polar surface area (TPSA) is 72.9 Å². The summed E-state index contributed by atoms with van der Waals surface area (Å²) >= 11 is 0. The van der Waals surface area contributed by atoms with E-state index in [0.29, 0.717) is 24.1 Å². The zero-order chi connectivity index (χ0) is 16.5. The van der Waals surface area contributed by atoms with E-state index in [0.717, 1.165) is 16.3 Å². The first-order valence-electron chi connectivity index (χ1n) is 7.76. The zero-order valence-corrected chi connectivity index (χ0v) is 13.0. The minimum Gasteiger partial charge on any atom is -0.394 e. The Labute approximate surface area is 137 Å². The van der Waals surface area contributed by atoms with Gasteiger partial charge in [0.1, 0.15) is 11.7 Å². The predicted molar refractivity (Wildman–Crippen MR) is 91.9 cm³/mol. The molecule has 4 rings (SSSR count). The van der Waals surface area contributed by atoms with Gasteiger partial charge >= 0.3 is 0 Å². The average molecular weight is 320 g/mol. The van der Waals surface area contributed by atoms with E-state index < -0.39 is 0 Å². The molecule has 0 amide bonds. The monoisotopic (exact) mass is 320 g/mol. The number of aliphatic hydroxyl groups is 1. The maximum atomic E-state index is 12.7. The molecule has 0 radical (unpaired) electrons. The van der Waals surface area contributed by atoms with E-state index in [1.807, 2.05) is 24.3 Å². The number of aromatic nitrogens is 4. The highest BCUT2D eigenvalue weighted by Crippen LogP contribution is 2.19. The third kappa shape index (κ3) is 2.37. The normalized spacial score (nSPS) is 11.4. The highest BCUT2D eigenvalue weighted by Gasteiger charge is 2.10. The van der Waals surface area contributed by atoms with E-state index >= 15 is 0 Å². The molecule has 120 valence electrons. The molecule has 0 spiro atoms. The van der Waals surface area contributed by atoms with Crippen molar-refractivity contribution in [2.75, 3.05) is 6.61 Å². The summed E-state index contributed by atoms with van der Waals surface area (Å²) in [4.78, 5) is 17.0. The molecule has 6 nitrogen and oxygen atoms in total. The minimum absolute atomic E-state index is 0.0441. The maximum absolute atomic E-state index is 12.7. The van der Waals surface area contributed by atoms with Gasteiger partial charge in [-0.15, -0.1) is 0 Å². The van der Waals surface area contributed by atoms with Crippen molar-refractivity contribution in [2.45, 2.75) is 13.1 Å². The molecule has 1 N–H and O–H groups in total. The molecule has 2 aromatic heterocycles. The van der Waals surface area contributed by atoms with E-state index in [-0.39, 0.29) is 12.2 Å². The standard InChI is InChI=1S/C18H16N4O2/c23-9-8-22-17-16(10-20-22)18(24)21(12-19-17)11-14-6-3-5-13-4-1-2-7-15(13)14/h1-7,10,12,23H,8-9,11H2. The number of rotatable bonds is 4. The third-order valence-electron chi connectivity index (χ3n) is 4.15. The lowest BCUT2D eigenvalue weighted by molar-refractivity contribution is 0.271. The Morgan fingerprint density at radius 2 is 1.88 bits per heavy atom. The molecule has 0 fully saturated rings. The minimum atomic E-state index is -0.128. The second-order valence-electron chi connectivity index (χ2n) is 5.64. The Morgan fingerprint density at radius 1 is 1.04 bits per heavy atom. The first-order chi connectivity index (χ1) is 11.8. The van der Waals surface area contributed by atoms with E-state index in [4.69, 9.17) is 5.11 Å². The molecule has 0 aliphatic carbocycles. The van der Waals surface area contributed by atoms with Crippen LogP contribution in [0, 0.1) is 0 Å². The molecule has 0 atom stereocenters. The lowest BCUT2D eigenvalue weighted by Gasteiger charge is -2.09. The largest absolute Gasteiger partial charge is 0.394 e. The van der Waals surface area contributed by atoms with E-state index in [2.05, 4.69) is 28.3 Å². The molecule has 2 heterocycles. The number of hydrogen-bond donors (Lipinski definition) is 1. The van der Waals surface area contributed by atoms with Gasteiger partial charge in [0, 0.05) is 0 Å². The second kappa shape index (κ2) is 5.90. The molecule has 4 aromatic rings. The molecule has 0 bridgehead atoms. The van der Waals surface area contributed by atoms with Gasteiger partial charge in [0.2, 0.25) is 0 Å². The summed E-state index contributed by atoms with van der Waals surface area (Å²) in [6, 6.07) is 14.2. The zero-order valence-electron chi connectivity index (χ0n) is 13.0. The van der Waals surface area contributed by atoms with E-state index in [9.17, 15) is 4.79 Å². The van der Waals surface area contributed by atoms with Crippen LogP contribution in [-0.2, 0) is 13.1 Å². The van der Waals surface area contributed by atoms with Crippen LogP contribution < -0.4 is 5.56 Å². The van der Waals surface area contributed by atoms with Crippen LogP contribution in [0.5, 0.6) is 0 Å². The Bertz CT molecular complexity index is 1080. The fourth-order valence-electron chi connectivity index (χ4n) is 2.98. The van der Waals surface area contributed by atoms with Crippen molar-refractivity contribution in [3.63, 3.8) is 0 Å². The van der Waals surface area contributed by atoms with Crippen molar-refractivity contribution >= 4 is 21.8 Å². The van der Waals surface area contributed by atoms with Crippen LogP contribution in [0.4, 0.5) is 0 Å². The molecular formula is C18H16N4O2. The van der Waals surface area contributed by atoms with Gasteiger partial charge in [0.15, 0.2) is 5.65 Å². The number of hydrogen-bond acceptors (Lipinski definition) is 4. The maximum Gasteiger partial charge on any atom is 0.264 e. The van der Waals surface area contributed by atoms with Gasteiger partial charge in [-0.05, 0) is 16.3 Å². The van der Waals surface area contributed by atoms with Crippen molar-refractivity contribution in [3.05, 3.63) is 70.9 Å². The van der Waals surface area contributed by atoms with Gasteiger partial charge in [-0.2, -0.15) is 5.10 Å². The van der Waals surface area contributed by atoms with Crippen LogP contribution in [0.1, 0.15) is 5.56 Å². The first kappa shape index (κ1) is 14.6. The van der Waals surface area contributed by atoms with Crippen LogP contribution in [0.3, 0.4) is 0 Å². The Balaban J connectivity index is 1.79. The Morgan fingerprint density at radius 3 is 2.75 bits per heavy atom. The summed E-state index contributed by atoms with van der Waals surface area (Å²) in [6.07, 6.45) is 3.06. The van der Waals surface area contributed by atoms with Crippen molar-refractivity contribution in [1.82, 2.24) is 19.3 Å². The molecule has 0 saturated heterocycles. The van der Waals surface area contributed by atoms with Crippen LogP contribution in [0.2, 0.25) is 0 Å². The first-order valence-corrected chi connectivity index (χ1v) is 7.76. The molecular weight excluding hydrogens is 304 g/mol. The molecule has 0 saturated carbocycles. The Kier molecular flexibility index (Phi) is 3.59. The smallest absolute Gasteiger partial charge is 0.264 e. The van der Waals surface area contributed by atoms with Gasteiger partial charge < -0.3 is 5.11 Å². The van der Waals surface area contributed by atoms with Gasteiger partial charge in [-0.1, -0.05) is 42.5 Å². The van der Waals surface area contributed by atoms with Crippen LogP contribution in [0.15, 0.2) is 59.8 Å². The fourth-order valence-corrected chi connectivity index (χ4v) is 2.98. The van der Waals surface area contributed by atoms with E-state index in [1.54, 1.807) is 15.6 Å². The van der Waals surface area contributed by atoms with Gasteiger partial charge in [-0.3, -0.25) is 9.36 Å². The number of benzene rings is 2. The quantitative estimate of drug-likeness (QED) is 0.622. The highest BCUT2D eigenvalue weighted by molar-refractivity contribution is 5.85. The summed E-state index contributed by atoms with van der Waals surface area (Å²) in [5.41, 5.74) is 1.44. The summed E-state index contributed by atoms with van der Waals surface area (Å²) in [6.45, 7) is 0.731. The average Bonchev–Trinajstić information content (AvgIpc) is 3.02. The summed E-state index contributed by atoms with van der Waals surface area (Å²) in [5, 5.41) is 15.9. The predicted octanol–water partition coefficient (Wildman–Crippen LogP) is 1.79. The van der Waals surface area contributed by atoms with Gasteiger partial charge in [-0.25, -0.2) is 9.67 Å². The molecule has 0 unspecified atom stereocenters. The second-order valence-corrected chi connectivity index (χ2v) is 5.64. The highest BCUT2D eigenvalue weighted by atomic mass is 16.3. The van der Waals surface area contributed by atoms with Crippen molar-refractivity contribution in [1.29, 1.82) is 0 Å². The van der Waals surface area contributed by atoms with Crippen LogP contribution >= 0.6 is 0 Å². The van der Waals surface area contributed by atoms with Gasteiger partial charge in [0.25, 0.3) is 5.56 Å². The third-order valence-corrected chi connectivity index (χ3v) is 4.15. The molecule has 2 aromatic carbocycles. The molecule has 0 aliphatic rings. The summed E-state index contributed by atoms with van der Waals surface area (Å²) < 4.78 is 3.13. The van der Waals surface area contributed by atoms with Gasteiger partial charge in [0.05, 0.1) is 25.9 Å². The fraction of sp³-hybridized carbons (Fsp3) is 0.167. The molecule has 24 heavy (non-hydrogen) atoms. The molecule has 6 heteroatoms. The summed E-state index contributed by atoms with van der Waals surface area (Å²) in [7, 11) is 0. The number of fused-ring (bicyclic) bond motifs is 2. The van der Waals surface area contributed by atoms with Crippen molar-refractivity contribution < 1.29 is 5.11 Å². The molecule has 0 aliphatic heterocycles. The van der Waals surface area contributed by atoms with Crippen LogP contribution in [0.25, 0.3) is 21.8 Å². The lowest BCUT2D eigenvalue weighted by Crippen LogP contribution is -2.21. The van der Waals surface area contributed by atoms with Crippen LogP contribution in [-0.4, -0.2) is 31.0 Å². The number of aliphatic hydroxyl groups excluding tert-OH is 1. The lowest BCUT2D eigenvalue weighted by atomic mass is 10.0. The van der Waals surface area contributed by atoms with E-state index in [1.165, 1.54) is 6.20 Å². The van der Waals surface area contributed by atoms with Crippen molar-refractivity contribution in [2.24, 2.45) is 0 Å². The SMILES string of the molecule is O=c1c2cnn(CCO)c2ncn1Cc1cccc2ccccc12. The number of nitrogens with zero attached hydrogens (tertiary/aromatic N) is 4. The Hall–Kier alpha value is -2.99. The summed E-state index contributed by atoms with van der Waals surface area (Å²) in [5.74, 6) is 0. The van der Waals surface area contributed by atoms with Crippen molar-refractivity contribution in [3.8, 4) is 0 Å².